The zero-order valence-corrected chi connectivity index (χ0v) is 13.8. The Morgan fingerprint density at radius 1 is 0.900 bits per heavy atom. The molecule has 1 heteroatoms. The molecule has 116 valence electrons. The van der Waals surface area contributed by atoms with Gasteiger partial charge in [-0.2, -0.15) is 0 Å². The molecular formula is C19H35N. The van der Waals surface area contributed by atoms with Gasteiger partial charge in [-0.1, -0.05) is 52.4 Å². The quantitative estimate of drug-likeness (QED) is 0.748. The lowest BCUT2D eigenvalue weighted by Crippen LogP contribution is -2.47. The molecule has 1 heterocycles. The Balaban J connectivity index is 1.73. The predicted octanol–water partition coefficient (Wildman–Crippen LogP) is 5.01. The molecule has 3 aliphatic rings. The van der Waals surface area contributed by atoms with Crippen molar-refractivity contribution in [1.82, 2.24) is 5.32 Å². The Hall–Kier alpha value is -0.0400. The first kappa shape index (κ1) is 14.9. The van der Waals surface area contributed by atoms with Crippen LogP contribution < -0.4 is 5.32 Å². The van der Waals surface area contributed by atoms with E-state index in [1.165, 1.54) is 64.5 Å². The highest BCUT2D eigenvalue weighted by Crippen LogP contribution is 2.52. The van der Waals surface area contributed by atoms with Crippen LogP contribution in [0, 0.1) is 29.1 Å². The van der Waals surface area contributed by atoms with Crippen LogP contribution in [0.4, 0.5) is 0 Å². The molecule has 1 N–H and O–H groups in total. The molecule has 2 aliphatic carbocycles. The van der Waals surface area contributed by atoms with Crippen LogP contribution in [0.5, 0.6) is 0 Å². The second kappa shape index (κ2) is 6.38. The first-order chi connectivity index (χ1) is 9.71. The first-order valence-corrected chi connectivity index (χ1v) is 9.42. The van der Waals surface area contributed by atoms with E-state index in [0.717, 1.165) is 29.1 Å². The molecule has 1 aliphatic heterocycles. The van der Waals surface area contributed by atoms with Gasteiger partial charge in [-0.05, 0) is 67.9 Å². The van der Waals surface area contributed by atoms with Gasteiger partial charge in [0.1, 0.15) is 0 Å². The normalized spacial score (nSPS) is 40.4. The SMILES string of the molecule is CC(C)C1CCCC2(CCNCC2C2CCCC2)CC1. The van der Waals surface area contributed by atoms with E-state index in [1.807, 2.05) is 0 Å². The molecule has 0 amide bonds. The Labute approximate surface area is 126 Å². The maximum atomic E-state index is 3.74. The van der Waals surface area contributed by atoms with E-state index in [9.17, 15) is 0 Å². The highest BCUT2D eigenvalue weighted by Gasteiger charge is 2.45. The fourth-order valence-electron chi connectivity index (χ4n) is 5.77. The van der Waals surface area contributed by atoms with Crippen molar-refractivity contribution < 1.29 is 0 Å². The summed E-state index contributed by atoms with van der Waals surface area (Å²) in [6.45, 7) is 7.51. The Morgan fingerprint density at radius 2 is 1.70 bits per heavy atom. The van der Waals surface area contributed by atoms with Crippen molar-refractivity contribution in [2.75, 3.05) is 13.1 Å². The van der Waals surface area contributed by atoms with Crippen molar-refractivity contribution >= 4 is 0 Å². The van der Waals surface area contributed by atoms with Crippen LogP contribution in [0.15, 0.2) is 0 Å². The monoisotopic (exact) mass is 277 g/mol. The van der Waals surface area contributed by atoms with Gasteiger partial charge in [-0.25, -0.2) is 0 Å². The Morgan fingerprint density at radius 3 is 2.45 bits per heavy atom. The average molecular weight is 277 g/mol. The summed E-state index contributed by atoms with van der Waals surface area (Å²) < 4.78 is 0. The Kier molecular flexibility index (Phi) is 4.75. The molecule has 1 nitrogen and oxygen atoms in total. The third-order valence-electron chi connectivity index (χ3n) is 7.12. The zero-order chi connectivity index (χ0) is 14.0. The molecule has 0 aromatic carbocycles. The standard InChI is InChI=1S/C19H35N/c1-15(2)16-8-5-10-19(11-9-16)12-13-20-14-18(19)17-6-3-4-7-17/h15-18,20H,3-14H2,1-2H3. The maximum absolute atomic E-state index is 3.74. The molecule has 0 aromatic rings. The van der Waals surface area contributed by atoms with E-state index in [2.05, 4.69) is 19.2 Å². The topological polar surface area (TPSA) is 12.0 Å². The zero-order valence-electron chi connectivity index (χ0n) is 13.8. The highest BCUT2D eigenvalue weighted by atomic mass is 14.9. The molecule has 0 aromatic heterocycles. The third kappa shape index (κ3) is 2.93. The average Bonchev–Trinajstić information content (AvgIpc) is 2.88. The van der Waals surface area contributed by atoms with Crippen LogP contribution in [0.2, 0.25) is 0 Å². The number of hydrogen-bond acceptors (Lipinski definition) is 1. The van der Waals surface area contributed by atoms with Gasteiger partial charge in [0, 0.05) is 0 Å². The molecule has 3 rings (SSSR count). The minimum absolute atomic E-state index is 0.726. The highest BCUT2D eigenvalue weighted by molar-refractivity contribution is 4.97. The third-order valence-corrected chi connectivity index (χ3v) is 7.12. The van der Waals surface area contributed by atoms with Crippen molar-refractivity contribution in [2.24, 2.45) is 29.1 Å². The van der Waals surface area contributed by atoms with E-state index in [1.54, 1.807) is 12.8 Å². The molecule has 3 atom stereocenters. The van der Waals surface area contributed by atoms with Crippen LogP contribution in [0.25, 0.3) is 0 Å². The van der Waals surface area contributed by atoms with Crippen LogP contribution in [-0.2, 0) is 0 Å². The molecule has 2 saturated carbocycles. The van der Waals surface area contributed by atoms with Gasteiger partial charge < -0.3 is 5.32 Å². The van der Waals surface area contributed by atoms with Crippen LogP contribution in [0.1, 0.15) is 78.1 Å². The summed E-state index contributed by atoms with van der Waals surface area (Å²) in [7, 11) is 0. The number of piperidine rings is 1. The van der Waals surface area contributed by atoms with E-state index in [4.69, 9.17) is 0 Å². The Bertz CT molecular complexity index is 305. The van der Waals surface area contributed by atoms with E-state index < -0.39 is 0 Å². The van der Waals surface area contributed by atoms with Gasteiger partial charge in [0.2, 0.25) is 0 Å². The minimum Gasteiger partial charge on any atom is -0.316 e. The summed E-state index contributed by atoms with van der Waals surface area (Å²) in [6, 6.07) is 0. The fourth-order valence-corrected chi connectivity index (χ4v) is 5.77. The van der Waals surface area contributed by atoms with E-state index in [-0.39, 0.29) is 0 Å². The lowest BCUT2D eigenvalue weighted by atomic mass is 9.61. The molecular weight excluding hydrogens is 242 g/mol. The lowest BCUT2D eigenvalue weighted by Gasteiger charge is -2.47. The number of rotatable bonds is 2. The van der Waals surface area contributed by atoms with Crippen LogP contribution in [0.3, 0.4) is 0 Å². The largest absolute Gasteiger partial charge is 0.316 e. The molecule has 1 spiro atoms. The van der Waals surface area contributed by atoms with Gasteiger partial charge in [0.05, 0.1) is 0 Å². The van der Waals surface area contributed by atoms with Crippen molar-refractivity contribution in [3.8, 4) is 0 Å². The van der Waals surface area contributed by atoms with Gasteiger partial charge in [0.15, 0.2) is 0 Å². The molecule has 3 fully saturated rings. The van der Waals surface area contributed by atoms with Gasteiger partial charge >= 0.3 is 0 Å². The summed E-state index contributed by atoms with van der Waals surface area (Å²) in [5, 5.41) is 3.74. The second-order valence-corrected chi connectivity index (χ2v) is 8.40. The summed E-state index contributed by atoms with van der Waals surface area (Å²) >= 11 is 0. The smallest absolute Gasteiger partial charge is 0.00125 e. The van der Waals surface area contributed by atoms with E-state index >= 15 is 0 Å². The minimum atomic E-state index is 0.726. The van der Waals surface area contributed by atoms with Crippen molar-refractivity contribution in [2.45, 2.75) is 78.1 Å². The van der Waals surface area contributed by atoms with Crippen LogP contribution in [-0.4, -0.2) is 13.1 Å². The molecule has 1 saturated heterocycles. The number of hydrogen-bond donors (Lipinski definition) is 1. The number of nitrogens with one attached hydrogen (secondary N) is 1. The molecule has 0 radical (unpaired) electrons. The lowest BCUT2D eigenvalue weighted by molar-refractivity contribution is 0.0424. The molecule has 20 heavy (non-hydrogen) atoms. The molecule has 0 bridgehead atoms. The summed E-state index contributed by atoms with van der Waals surface area (Å²) in [4.78, 5) is 0. The van der Waals surface area contributed by atoms with Crippen molar-refractivity contribution in [1.29, 1.82) is 0 Å². The first-order valence-electron chi connectivity index (χ1n) is 9.42. The fraction of sp³-hybridized carbons (Fsp3) is 1.00. The predicted molar refractivity (Wildman–Crippen MR) is 86.8 cm³/mol. The van der Waals surface area contributed by atoms with Gasteiger partial charge in [-0.3, -0.25) is 0 Å². The van der Waals surface area contributed by atoms with E-state index in [0.29, 0.717) is 0 Å². The summed E-state index contributed by atoms with van der Waals surface area (Å²) in [5.41, 5.74) is 0.726. The summed E-state index contributed by atoms with van der Waals surface area (Å²) in [5.74, 6) is 3.97. The second-order valence-electron chi connectivity index (χ2n) is 8.40. The van der Waals surface area contributed by atoms with Gasteiger partial charge in [-0.15, -0.1) is 0 Å². The van der Waals surface area contributed by atoms with Gasteiger partial charge in [0.25, 0.3) is 0 Å². The van der Waals surface area contributed by atoms with Crippen molar-refractivity contribution in [3.05, 3.63) is 0 Å². The maximum Gasteiger partial charge on any atom is -0.00125 e. The van der Waals surface area contributed by atoms with Crippen molar-refractivity contribution in [3.63, 3.8) is 0 Å². The summed E-state index contributed by atoms with van der Waals surface area (Å²) in [6.07, 6.45) is 15.1. The molecule has 3 unspecified atom stereocenters. The van der Waals surface area contributed by atoms with Crippen LogP contribution >= 0.6 is 0 Å².